The van der Waals surface area contributed by atoms with Crippen molar-refractivity contribution >= 4 is 24.8 Å². The van der Waals surface area contributed by atoms with Gasteiger partial charge < -0.3 is 10.1 Å². The molecular formula is C15H22N2O3S. The molecule has 0 aliphatic carbocycles. The second-order valence-electron chi connectivity index (χ2n) is 5.75. The Balaban J connectivity index is 2.87. The van der Waals surface area contributed by atoms with Crippen LogP contribution in [0, 0.1) is 0 Å². The molecule has 0 saturated carbocycles. The maximum absolute atomic E-state index is 12.1. The van der Waals surface area contributed by atoms with Gasteiger partial charge in [0.25, 0.3) is 0 Å². The molecule has 6 heteroatoms. The molecule has 0 spiro atoms. The van der Waals surface area contributed by atoms with Crippen LogP contribution in [0.4, 0.5) is 4.79 Å². The second-order valence-corrected chi connectivity index (χ2v) is 6.18. The van der Waals surface area contributed by atoms with Gasteiger partial charge in [-0.15, -0.1) is 0 Å². The molecule has 0 fully saturated rings. The highest BCUT2D eigenvalue weighted by Crippen LogP contribution is 2.14. The maximum atomic E-state index is 12.1. The number of urea groups is 1. The van der Waals surface area contributed by atoms with Gasteiger partial charge in [-0.05, 0) is 26.3 Å². The van der Waals surface area contributed by atoms with E-state index in [1.807, 2.05) is 51.1 Å². The first kappa shape index (κ1) is 17.4. The quantitative estimate of drug-likeness (QED) is 0.663. The van der Waals surface area contributed by atoms with Gasteiger partial charge in [0.15, 0.2) is 0 Å². The van der Waals surface area contributed by atoms with Crippen molar-refractivity contribution in [3.63, 3.8) is 0 Å². The van der Waals surface area contributed by atoms with Crippen molar-refractivity contribution in [2.24, 2.45) is 0 Å². The Morgan fingerprint density at radius 2 is 1.86 bits per heavy atom. The van der Waals surface area contributed by atoms with E-state index < -0.39 is 23.6 Å². The number of hydrogen-bond donors (Lipinski definition) is 2. The van der Waals surface area contributed by atoms with E-state index in [0.717, 1.165) is 9.87 Å². The minimum atomic E-state index is -0.789. The van der Waals surface area contributed by atoms with E-state index in [1.165, 1.54) is 7.11 Å². The Bertz CT molecular complexity index is 485. The number of nitrogens with one attached hydrogen (secondary N) is 1. The van der Waals surface area contributed by atoms with Crippen molar-refractivity contribution in [3.8, 4) is 0 Å². The number of methoxy groups -OCH3 is 1. The maximum Gasteiger partial charge on any atom is 0.330 e. The fourth-order valence-electron chi connectivity index (χ4n) is 1.76. The Morgan fingerprint density at radius 1 is 1.29 bits per heavy atom. The molecule has 0 aromatic heterocycles. The molecule has 0 radical (unpaired) electrons. The summed E-state index contributed by atoms with van der Waals surface area (Å²) in [5.74, 6) is -0.502. The molecule has 2 amide bonds. The Labute approximate surface area is 131 Å². The summed E-state index contributed by atoms with van der Waals surface area (Å²) in [4.78, 5) is 24.1. The van der Waals surface area contributed by atoms with E-state index in [-0.39, 0.29) is 0 Å². The van der Waals surface area contributed by atoms with Gasteiger partial charge in [0, 0.05) is 12.0 Å². The molecule has 1 aromatic carbocycles. The first-order valence-electron chi connectivity index (χ1n) is 6.66. The summed E-state index contributed by atoms with van der Waals surface area (Å²) in [6.07, 6.45) is 0.342. The normalized spacial score (nSPS) is 12.4. The number of nitrogens with zero attached hydrogens (tertiary/aromatic N) is 1. The second kappa shape index (κ2) is 7.36. The van der Waals surface area contributed by atoms with E-state index in [9.17, 15) is 9.59 Å². The topological polar surface area (TPSA) is 58.6 Å². The molecule has 0 bridgehead atoms. The van der Waals surface area contributed by atoms with Crippen molar-refractivity contribution in [2.75, 3.05) is 7.11 Å². The lowest BCUT2D eigenvalue weighted by Gasteiger charge is -2.29. The van der Waals surface area contributed by atoms with Crippen molar-refractivity contribution < 1.29 is 14.3 Å². The first-order chi connectivity index (χ1) is 9.74. The Hall–Kier alpha value is -1.69. The van der Waals surface area contributed by atoms with Crippen LogP contribution in [0.3, 0.4) is 0 Å². The summed E-state index contributed by atoms with van der Waals surface area (Å²) in [5.41, 5.74) is 0.515. The van der Waals surface area contributed by atoms with Crippen molar-refractivity contribution in [2.45, 2.75) is 38.8 Å². The van der Waals surface area contributed by atoms with E-state index in [1.54, 1.807) is 0 Å². The largest absolute Gasteiger partial charge is 0.467 e. The fraction of sp³-hybridized carbons (Fsp3) is 0.467. The third-order valence-electron chi connectivity index (χ3n) is 2.73. The van der Waals surface area contributed by atoms with E-state index in [4.69, 9.17) is 4.74 Å². The Morgan fingerprint density at radius 3 is 2.33 bits per heavy atom. The van der Waals surface area contributed by atoms with Gasteiger partial charge >= 0.3 is 12.0 Å². The molecule has 1 aromatic rings. The third kappa shape index (κ3) is 5.67. The van der Waals surface area contributed by atoms with Gasteiger partial charge in [-0.2, -0.15) is 0 Å². The number of thiol groups is 1. The predicted octanol–water partition coefficient (Wildman–Crippen LogP) is 2.43. The van der Waals surface area contributed by atoms with E-state index >= 15 is 0 Å². The molecule has 1 rings (SSSR count). The number of carbonyl (C=O) groups is 2. The molecule has 116 valence electrons. The average Bonchev–Trinajstić information content (AvgIpc) is 2.42. The highest BCUT2D eigenvalue weighted by atomic mass is 32.1. The number of rotatable bonds is 4. The Kier molecular flexibility index (Phi) is 6.08. The summed E-state index contributed by atoms with van der Waals surface area (Å²) in [6.45, 7) is 5.57. The van der Waals surface area contributed by atoms with Crippen molar-refractivity contribution in [3.05, 3.63) is 35.9 Å². The number of benzene rings is 1. The highest BCUT2D eigenvalue weighted by molar-refractivity contribution is 7.78. The van der Waals surface area contributed by atoms with Crippen LogP contribution >= 0.6 is 12.8 Å². The summed E-state index contributed by atoms with van der Waals surface area (Å²) in [7, 11) is 1.30. The zero-order valence-electron chi connectivity index (χ0n) is 12.8. The summed E-state index contributed by atoms with van der Waals surface area (Å²) in [5, 5.41) is 2.77. The molecule has 5 nitrogen and oxygen atoms in total. The molecular weight excluding hydrogens is 288 g/mol. The van der Waals surface area contributed by atoms with Gasteiger partial charge in [0.2, 0.25) is 0 Å². The SMILES string of the molecule is COC(=O)C(Cc1ccccc1)N(S)C(=O)NC(C)(C)C. The lowest BCUT2D eigenvalue weighted by Crippen LogP contribution is -2.51. The smallest absolute Gasteiger partial charge is 0.330 e. The minimum Gasteiger partial charge on any atom is -0.467 e. The fourth-order valence-corrected chi connectivity index (χ4v) is 1.99. The number of hydrogen-bond acceptors (Lipinski definition) is 4. The molecule has 0 aliphatic heterocycles. The molecule has 1 atom stereocenters. The van der Waals surface area contributed by atoms with E-state index in [2.05, 4.69) is 18.1 Å². The van der Waals surface area contributed by atoms with Crippen LogP contribution in [-0.2, 0) is 16.0 Å². The van der Waals surface area contributed by atoms with Gasteiger partial charge in [-0.1, -0.05) is 43.1 Å². The number of amides is 2. The lowest BCUT2D eigenvalue weighted by molar-refractivity contribution is -0.144. The van der Waals surface area contributed by atoms with Crippen LogP contribution in [0.2, 0.25) is 0 Å². The van der Waals surface area contributed by atoms with Crippen LogP contribution < -0.4 is 5.32 Å². The third-order valence-corrected chi connectivity index (χ3v) is 3.19. The van der Waals surface area contributed by atoms with Crippen LogP contribution in [0.15, 0.2) is 30.3 Å². The predicted molar refractivity (Wildman–Crippen MR) is 85.1 cm³/mol. The molecule has 1 unspecified atom stereocenters. The number of esters is 1. The lowest BCUT2D eigenvalue weighted by atomic mass is 10.1. The molecule has 1 N–H and O–H groups in total. The van der Waals surface area contributed by atoms with Gasteiger partial charge in [0.05, 0.1) is 7.11 Å². The zero-order valence-corrected chi connectivity index (χ0v) is 13.7. The monoisotopic (exact) mass is 310 g/mol. The standard InChI is InChI=1S/C15H22N2O3S/c1-15(2,3)16-14(19)17(21)12(13(18)20-4)10-11-8-6-5-7-9-11/h5-9,12,21H,10H2,1-4H3,(H,16,19). The summed E-state index contributed by atoms with van der Waals surface area (Å²) < 4.78 is 5.86. The molecule has 21 heavy (non-hydrogen) atoms. The number of ether oxygens (including phenoxy) is 1. The molecule has 0 heterocycles. The van der Waals surface area contributed by atoms with Gasteiger partial charge in [-0.3, -0.25) is 4.31 Å². The average molecular weight is 310 g/mol. The van der Waals surface area contributed by atoms with Crippen LogP contribution in [0.5, 0.6) is 0 Å². The van der Waals surface area contributed by atoms with Gasteiger partial charge in [0.1, 0.15) is 6.04 Å². The van der Waals surface area contributed by atoms with Crippen molar-refractivity contribution in [1.82, 2.24) is 9.62 Å². The summed E-state index contributed by atoms with van der Waals surface area (Å²) in [6, 6.07) is 8.20. The van der Waals surface area contributed by atoms with Crippen LogP contribution in [0.25, 0.3) is 0 Å². The molecule has 0 aliphatic rings. The first-order valence-corrected chi connectivity index (χ1v) is 7.06. The molecule has 0 saturated heterocycles. The minimum absolute atomic E-state index is 0.342. The van der Waals surface area contributed by atoms with Crippen LogP contribution in [-0.4, -0.2) is 35.0 Å². The summed E-state index contributed by atoms with van der Waals surface area (Å²) >= 11 is 4.18. The highest BCUT2D eigenvalue weighted by Gasteiger charge is 2.30. The van der Waals surface area contributed by atoms with E-state index in [0.29, 0.717) is 6.42 Å². The van der Waals surface area contributed by atoms with Gasteiger partial charge in [-0.25, -0.2) is 9.59 Å². The van der Waals surface area contributed by atoms with Crippen LogP contribution in [0.1, 0.15) is 26.3 Å². The van der Waals surface area contributed by atoms with Crippen molar-refractivity contribution in [1.29, 1.82) is 0 Å². The zero-order chi connectivity index (χ0) is 16.0. The number of carbonyl (C=O) groups excluding carboxylic acids is 2.